The van der Waals surface area contributed by atoms with Gasteiger partial charge in [-0.15, -0.1) is 0 Å². The van der Waals surface area contributed by atoms with Crippen LogP contribution in [0, 0.1) is 0 Å². The Kier molecular flexibility index (Phi) is 6.24. The maximum absolute atomic E-state index is 10.9. The smallest absolute Gasteiger partial charge is 0.284 e. The second kappa shape index (κ2) is 6.35. The molecule has 92 valence electrons. The summed E-state index contributed by atoms with van der Waals surface area (Å²) >= 11 is 0. The van der Waals surface area contributed by atoms with Crippen LogP contribution in [-0.4, -0.2) is 58.6 Å². The molecule has 2 N–H and O–H groups in total. The Balaban J connectivity index is 4.32. The molecule has 0 saturated heterocycles. The fourth-order valence-corrected chi connectivity index (χ4v) is 3.19. The summed E-state index contributed by atoms with van der Waals surface area (Å²) in [5.74, 6) is 0. The molecule has 0 rings (SSSR count). The first kappa shape index (κ1) is 14.7. The van der Waals surface area contributed by atoms with Crippen molar-refractivity contribution in [2.24, 2.45) is 0 Å². The summed E-state index contributed by atoms with van der Waals surface area (Å²) in [6.45, 7) is -2.12. The monoisotopic (exact) mass is 264 g/mol. The fraction of sp³-hybridized carbons (Fsp3) is 1.00. The minimum absolute atomic E-state index is 0.516. The van der Waals surface area contributed by atoms with E-state index >= 15 is 0 Å². The number of hydrogen-bond acceptors (Lipinski definition) is 8. The van der Waals surface area contributed by atoms with Crippen LogP contribution in [0.5, 0.6) is 0 Å². The summed E-state index contributed by atoms with van der Waals surface area (Å²) in [4.78, 5) is 0. The van der Waals surface area contributed by atoms with Gasteiger partial charge >= 0.3 is 0 Å². The van der Waals surface area contributed by atoms with E-state index in [-0.39, 0.29) is 0 Å². The Labute approximate surface area is 87.7 Å². The van der Waals surface area contributed by atoms with Gasteiger partial charge in [0.2, 0.25) is 5.08 Å². The molecule has 0 unspecified atom stereocenters. The predicted molar refractivity (Wildman–Crippen MR) is 48.8 cm³/mol. The van der Waals surface area contributed by atoms with Gasteiger partial charge in [-0.1, -0.05) is 0 Å². The van der Waals surface area contributed by atoms with E-state index in [1.165, 1.54) is 0 Å². The molecule has 0 aromatic heterocycles. The predicted octanol–water partition coefficient (Wildman–Crippen LogP) is -2.38. The summed E-state index contributed by atoms with van der Waals surface area (Å²) in [7, 11) is -8.57. The van der Waals surface area contributed by atoms with Crippen LogP contribution in [0.2, 0.25) is 0 Å². The number of rotatable bonds is 8. The van der Waals surface area contributed by atoms with Crippen LogP contribution in [-0.2, 0) is 28.6 Å². The van der Waals surface area contributed by atoms with E-state index in [1.54, 1.807) is 0 Å². The van der Waals surface area contributed by atoms with E-state index in [9.17, 15) is 16.8 Å². The van der Waals surface area contributed by atoms with Crippen molar-refractivity contribution in [2.75, 3.05) is 31.5 Å². The van der Waals surface area contributed by atoms with E-state index in [1.807, 2.05) is 0 Å². The van der Waals surface area contributed by atoms with Crippen LogP contribution in [0.4, 0.5) is 0 Å². The zero-order valence-electron chi connectivity index (χ0n) is 7.70. The molecular weight excluding hydrogens is 252 g/mol. The van der Waals surface area contributed by atoms with Crippen molar-refractivity contribution in [3.05, 3.63) is 0 Å². The number of hydrogen-bond donors (Lipinski definition) is 2. The van der Waals surface area contributed by atoms with Crippen molar-refractivity contribution in [2.45, 2.75) is 0 Å². The van der Waals surface area contributed by atoms with E-state index in [4.69, 9.17) is 10.2 Å². The van der Waals surface area contributed by atoms with Crippen molar-refractivity contribution in [1.29, 1.82) is 0 Å². The lowest BCUT2D eigenvalue weighted by atomic mass is 10.8. The third-order valence-corrected chi connectivity index (χ3v) is 4.36. The molecule has 0 aromatic carbocycles. The molecule has 0 saturated carbocycles. The third-order valence-electron chi connectivity index (χ3n) is 0.997. The molecule has 0 radical (unpaired) electrons. The first-order valence-electron chi connectivity index (χ1n) is 3.79. The van der Waals surface area contributed by atoms with E-state index < -0.39 is 51.7 Å². The molecule has 0 heterocycles. The highest BCUT2D eigenvalue weighted by atomic mass is 32.3. The van der Waals surface area contributed by atoms with Gasteiger partial charge in [0.05, 0.1) is 26.4 Å². The zero-order chi connectivity index (χ0) is 11.9. The van der Waals surface area contributed by atoms with Crippen molar-refractivity contribution in [1.82, 2.24) is 0 Å². The number of aliphatic hydroxyl groups excluding tert-OH is 2. The molecular formula is C5H12O8S2. The quantitative estimate of drug-likeness (QED) is 0.465. The minimum Gasteiger partial charge on any atom is -0.394 e. The summed E-state index contributed by atoms with van der Waals surface area (Å²) in [5.41, 5.74) is 0. The van der Waals surface area contributed by atoms with Crippen LogP contribution in [0.25, 0.3) is 0 Å². The van der Waals surface area contributed by atoms with Gasteiger partial charge in [-0.25, -0.2) is 0 Å². The molecule has 8 nitrogen and oxygen atoms in total. The average molecular weight is 264 g/mol. The molecule has 0 aromatic rings. The SMILES string of the molecule is O=S(=O)(CS(=O)(=O)OCCO)OCCO. The Hall–Kier alpha value is -0.260. The Morgan fingerprint density at radius 1 is 0.800 bits per heavy atom. The molecule has 0 aliphatic heterocycles. The van der Waals surface area contributed by atoms with Crippen LogP contribution in [0.3, 0.4) is 0 Å². The van der Waals surface area contributed by atoms with E-state index in [0.717, 1.165) is 0 Å². The second-order valence-corrected chi connectivity index (χ2v) is 5.97. The zero-order valence-corrected chi connectivity index (χ0v) is 9.33. The molecule has 15 heavy (non-hydrogen) atoms. The lowest BCUT2D eigenvalue weighted by Gasteiger charge is -2.05. The lowest BCUT2D eigenvalue weighted by Crippen LogP contribution is -2.22. The largest absolute Gasteiger partial charge is 0.394 e. The Morgan fingerprint density at radius 3 is 1.40 bits per heavy atom. The average Bonchev–Trinajstić information content (AvgIpc) is 2.10. The maximum atomic E-state index is 10.9. The van der Waals surface area contributed by atoms with Gasteiger partial charge in [0.15, 0.2) is 0 Å². The topological polar surface area (TPSA) is 127 Å². The highest BCUT2D eigenvalue weighted by molar-refractivity contribution is 8.03. The van der Waals surface area contributed by atoms with Crippen LogP contribution >= 0.6 is 0 Å². The molecule has 0 aliphatic rings. The van der Waals surface area contributed by atoms with Crippen LogP contribution in [0.1, 0.15) is 0 Å². The van der Waals surface area contributed by atoms with Crippen molar-refractivity contribution < 1.29 is 35.4 Å². The first-order valence-corrected chi connectivity index (χ1v) is 6.94. The molecule has 0 aliphatic carbocycles. The summed E-state index contributed by atoms with van der Waals surface area (Å²) in [5, 5.41) is 15.2. The van der Waals surface area contributed by atoms with Gasteiger partial charge in [0.1, 0.15) is 0 Å². The van der Waals surface area contributed by atoms with Gasteiger partial charge in [0, 0.05) is 0 Å². The molecule has 0 fully saturated rings. The maximum Gasteiger partial charge on any atom is 0.284 e. The summed E-state index contributed by atoms with van der Waals surface area (Å²) < 4.78 is 51.8. The van der Waals surface area contributed by atoms with Gasteiger partial charge in [-0.3, -0.25) is 8.37 Å². The van der Waals surface area contributed by atoms with Gasteiger partial charge < -0.3 is 10.2 Å². The summed E-state index contributed by atoms with van der Waals surface area (Å²) in [6.07, 6.45) is 0. The van der Waals surface area contributed by atoms with Crippen LogP contribution in [0.15, 0.2) is 0 Å². The van der Waals surface area contributed by atoms with Crippen molar-refractivity contribution in [3.8, 4) is 0 Å². The van der Waals surface area contributed by atoms with Gasteiger partial charge in [0.25, 0.3) is 20.2 Å². The highest BCUT2D eigenvalue weighted by Gasteiger charge is 2.23. The minimum atomic E-state index is -4.29. The molecule has 10 heteroatoms. The van der Waals surface area contributed by atoms with E-state index in [2.05, 4.69) is 8.37 Å². The highest BCUT2D eigenvalue weighted by Crippen LogP contribution is 2.02. The normalized spacial score (nSPS) is 12.9. The fourth-order valence-electron chi connectivity index (χ4n) is 0.573. The third kappa shape index (κ3) is 7.64. The molecule has 0 spiro atoms. The van der Waals surface area contributed by atoms with Crippen molar-refractivity contribution in [3.63, 3.8) is 0 Å². The molecule has 0 bridgehead atoms. The van der Waals surface area contributed by atoms with Gasteiger partial charge in [-0.2, -0.15) is 16.8 Å². The molecule has 0 atom stereocenters. The Morgan fingerprint density at radius 2 is 1.13 bits per heavy atom. The number of aliphatic hydroxyl groups is 2. The first-order chi connectivity index (χ1) is 6.83. The standard InChI is InChI=1S/C5H12O8S2/c6-1-3-12-14(8,9)5-15(10,11)13-4-2-7/h6-7H,1-5H2. The molecule has 0 amide bonds. The van der Waals surface area contributed by atoms with E-state index in [0.29, 0.717) is 0 Å². The lowest BCUT2D eigenvalue weighted by molar-refractivity contribution is 0.201. The van der Waals surface area contributed by atoms with Crippen molar-refractivity contribution >= 4 is 20.2 Å². The summed E-state index contributed by atoms with van der Waals surface area (Å²) in [6, 6.07) is 0. The Bertz CT molecular complexity index is 318. The van der Waals surface area contributed by atoms with Crippen LogP contribution < -0.4 is 0 Å². The second-order valence-electron chi connectivity index (χ2n) is 2.32. The van der Waals surface area contributed by atoms with Gasteiger partial charge in [-0.05, 0) is 0 Å².